The molecule has 5 nitrogen and oxygen atoms in total. The maximum atomic E-state index is 13.6. The summed E-state index contributed by atoms with van der Waals surface area (Å²) in [5.74, 6) is -4.28. The van der Waals surface area contributed by atoms with Crippen LogP contribution in [-0.4, -0.2) is 38.4 Å². The number of hydrogen-bond donors (Lipinski definition) is 1. The highest BCUT2D eigenvalue weighted by Crippen LogP contribution is 2.39. The molecule has 0 unspecified atom stereocenters. The number of hydrazone groups is 1. The molecule has 1 atom stereocenters. The second-order valence-electron chi connectivity index (χ2n) is 4.57. The Morgan fingerprint density at radius 3 is 2.58 bits per heavy atom. The zero-order chi connectivity index (χ0) is 14.3. The second kappa shape index (κ2) is 4.34. The zero-order valence-electron chi connectivity index (χ0n) is 10.5. The van der Waals surface area contributed by atoms with Gasteiger partial charge in [-0.25, -0.2) is 8.78 Å². The summed E-state index contributed by atoms with van der Waals surface area (Å²) < 4.78 is 27.2. The van der Waals surface area contributed by atoms with Gasteiger partial charge in [-0.2, -0.15) is 10.1 Å². The lowest BCUT2D eigenvalue weighted by Gasteiger charge is -2.35. The van der Waals surface area contributed by atoms with Crippen molar-refractivity contribution in [1.82, 2.24) is 9.99 Å². The second-order valence-corrected chi connectivity index (χ2v) is 4.57. The van der Waals surface area contributed by atoms with Gasteiger partial charge in [-0.15, -0.1) is 0 Å². The number of aliphatic hydroxyl groups is 1. The smallest absolute Gasteiger partial charge is 0.294 e. The summed E-state index contributed by atoms with van der Waals surface area (Å²) in [6.45, 7) is 2.05. The maximum absolute atomic E-state index is 13.6. The van der Waals surface area contributed by atoms with Gasteiger partial charge >= 0.3 is 0 Å². The fourth-order valence-electron chi connectivity index (χ4n) is 1.89. The first-order valence-electron chi connectivity index (χ1n) is 5.64. The predicted molar refractivity (Wildman–Crippen MR) is 63.7 cm³/mol. The SMILES string of the molecule is CC1=NN(C(=O)c2ccncc2)[C@@](O)(C(C)(F)F)C1. The van der Waals surface area contributed by atoms with Crippen LogP contribution < -0.4 is 0 Å². The molecule has 1 N–H and O–H groups in total. The van der Waals surface area contributed by atoms with E-state index in [2.05, 4.69) is 10.1 Å². The average Bonchev–Trinajstić information content (AvgIpc) is 2.65. The Bertz CT molecular complexity index is 528. The molecule has 0 radical (unpaired) electrons. The Morgan fingerprint density at radius 2 is 2.05 bits per heavy atom. The quantitative estimate of drug-likeness (QED) is 0.887. The van der Waals surface area contributed by atoms with Crippen molar-refractivity contribution in [2.24, 2.45) is 5.10 Å². The van der Waals surface area contributed by atoms with Gasteiger partial charge in [0.1, 0.15) is 0 Å². The highest BCUT2D eigenvalue weighted by molar-refractivity contribution is 5.97. The van der Waals surface area contributed by atoms with E-state index in [1.807, 2.05) is 0 Å². The number of aromatic nitrogens is 1. The first-order valence-corrected chi connectivity index (χ1v) is 5.64. The molecule has 1 aromatic rings. The Labute approximate surface area is 108 Å². The molecular formula is C12H13F2N3O2. The van der Waals surface area contributed by atoms with Gasteiger partial charge < -0.3 is 5.11 Å². The van der Waals surface area contributed by atoms with Crippen LogP contribution in [0.5, 0.6) is 0 Å². The van der Waals surface area contributed by atoms with Crippen LogP contribution in [0.4, 0.5) is 8.78 Å². The van der Waals surface area contributed by atoms with Crippen molar-refractivity contribution >= 4 is 11.6 Å². The number of alkyl halides is 2. The van der Waals surface area contributed by atoms with Gasteiger partial charge in [0.25, 0.3) is 11.8 Å². The third-order valence-electron chi connectivity index (χ3n) is 2.95. The molecular weight excluding hydrogens is 256 g/mol. The number of rotatable bonds is 2. The van der Waals surface area contributed by atoms with Crippen molar-refractivity contribution in [3.63, 3.8) is 0 Å². The van der Waals surface area contributed by atoms with Gasteiger partial charge in [0, 0.05) is 37.0 Å². The van der Waals surface area contributed by atoms with Gasteiger partial charge in [0.05, 0.1) is 0 Å². The lowest BCUT2D eigenvalue weighted by atomic mass is 10.0. The van der Waals surface area contributed by atoms with E-state index in [0.717, 1.165) is 0 Å². The molecule has 1 aromatic heterocycles. The largest absolute Gasteiger partial charge is 0.364 e. The Hall–Kier alpha value is -1.89. The van der Waals surface area contributed by atoms with Crippen LogP contribution >= 0.6 is 0 Å². The summed E-state index contributed by atoms with van der Waals surface area (Å²) in [6, 6.07) is 2.75. The van der Waals surface area contributed by atoms with Crippen molar-refractivity contribution in [1.29, 1.82) is 0 Å². The van der Waals surface area contributed by atoms with Crippen LogP contribution in [0.3, 0.4) is 0 Å². The Balaban J connectivity index is 2.40. The minimum atomic E-state index is -3.49. The summed E-state index contributed by atoms with van der Waals surface area (Å²) in [5.41, 5.74) is -2.22. The molecule has 102 valence electrons. The number of carbonyl (C=O) groups excluding carboxylic acids is 1. The number of carbonyl (C=O) groups is 1. The van der Waals surface area contributed by atoms with E-state index in [9.17, 15) is 18.7 Å². The zero-order valence-corrected chi connectivity index (χ0v) is 10.5. The number of pyridine rings is 1. The third-order valence-corrected chi connectivity index (χ3v) is 2.95. The fraction of sp³-hybridized carbons (Fsp3) is 0.417. The minimum Gasteiger partial charge on any atom is -0.364 e. The normalized spacial score (nSPS) is 23.4. The molecule has 1 aliphatic heterocycles. The highest BCUT2D eigenvalue weighted by atomic mass is 19.3. The van der Waals surface area contributed by atoms with E-state index in [4.69, 9.17) is 0 Å². The summed E-state index contributed by atoms with van der Waals surface area (Å²) in [7, 11) is 0. The van der Waals surface area contributed by atoms with Crippen molar-refractivity contribution in [2.45, 2.75) is 31.9 Å². The monoisotopic (exact) mass is 269 g/mol. The minimum absolute atomic E-state index is 0.135. The summed E-state index contributed by atoms with van der Waals surface area (Å²) in [5, 5.41) is 14.3. The molecule has 0 saturated heterocycles. The molecule has 19 heavy (non-hydrogen) atoms. The first-order chi connectivity index (χ1) is 8.75. The van der Waals surface area contributed by atoms with Crippen LogP contribution in [0.1, 0.15) is 30.6 Å². The molecule has 2 heterocycles. The highest BCUT2D eigenvalue weighted by Gasteiger charge is 2.58. The van der Waals surface area contributed by atoms with E-state index in [1.165, 1.54) is 31.5 Å². The van der Waals surface area contributed by atoms with E-state index in [-0.39, 0.29) is 17.7 Å². The van der Waals surface area contributed by atoms with Crippen LogP contribution in [0.2, 0.25) is 0 Å². The van der Waals surface area contributed by atoms with E-state index in [1.54, 1.807) is 0 Å². The number of amides is 1. The van der Waals surface area contributed by atoms with Gasteiger partial charge in [0.2, 0.25) is 5.72 Å². The lowest BCUT2D eigenvalue weighted by molar-refractivity contribution is -0.222. The summed E-state index contributed by atoms with van der Waals surface area (Å²) in [4.78, 5) is 15.9. The van der Waals surface area contributed by atoms with E-state index >= 15 is 0 Å². The molecule has 0 bridgehead atoms. The number of nitrogens with zero attached hydrogens (tertiary/aromatic N) is 3. The fourth-order valence-corrected chi connectivity index (χ4v) is 1.89. The molecule has 7 heteroatoms. The van der Waals surface area contributed by atoms with Crippen molar-refractivity contribution in [2.75, 3.05) is 0 Å². The van der Waals surface area contributed by atoms with E-state index < -0.39 is 17.6 Å². The Kier molecular flexibility index (Phi) is 3.09. The number of halogens is 2. The molecule has 0 aromatic carbocycles. The molecule has 0 aliphatic carbocycles. The molecule has 1 amide bonds. The average molecular weight is 269 g/mol. The van der Waals surface area contributed by atoms with Crippen LogP contribution in [0, 0.1) is 0 Å². The molecule has 0 spiro atoms. The van der Waals surface area contributed by atoms with Crippen molar-refractivity contribution in [3.8, 4) is 0 Å². The number of hydrogen-bond acceptors (Lipinski definition) is 4. The predicted octanol–water partition coefficient (Wildman–Crippen LogP) is 1.65. The topological polar surface area (TPSA) is 65.8 Å². The van der Waals surface area contributed by atoms with Crippen LogP contribution in [0.25, 0.3) is 0 Å². The molecule has 0 fully saturated rings. The molecule has 2 rings (SSSR count). The van der Waals surface area contributed by atoms with Crippen LogP contribution in [0.15, 0.2) is 29.6 Å². The molecule has 1 aliphatic rings. The first kappa shape index (κ1) is 13.5. The summed E-state index contributed by atoms with van der Waals surface area (Å²) in [6.07, 6.45) is 2.35. The standard InChI is InChI=1S/C12H13F2N3O2/c1-8-7-12(19,11(2,13)14)17(16-8)10(18)9-3-5-15-6-4-9/h3-6,19H,7H2,1-2H3/t12-/m0/s1. The van der Waals surface area contributed by atoms with Gasteiger partial charge in [0.15, 0.2) is 0 Å². The molecule has 0 saturated carbocycles. The van der Waals surface area contributed by atoms with Gasteiger partial charge in [-0.05, 0) is 19.1 Å². The lowest BCUT2D eigenvalue weighted by Crippen LogP contribution is -2.57. The van der Waals surface area contributed by atoms with Gasteiger partial charge in [-0.1, -0.05) is 0 Å². The maximum Gasteiger partial charge on any atom is 0.294 e. The van der Waals surface area contributed by atoms with Crippen LogP contribution in [-0.2, 0) is 0 Å². The Morgan fingerprint density at radius 1 is 1.47 bits per heavy atom. The van der Waals surface area contributed by atoms with Crippen molar-refractivity contribution < 1.29 is 18.7 Å². The van der Waals surface area contributed by atoms with E-state index in [0.29, 0.717) is 11.9 Å². The third kappa shape index (κ3) is 2.21. The van der Waals surface area contributed by atoms with Crippen molar-refractivity contribution in [3.05, 3.63) is 30.1 Å². The summed E-state index contributed by atoms with van der Waals surface area (Å²) >= 11 is 0. The van der Waals surface area contributed by atoms with Gasteiger partial charge in [-0.3, -0.25) is 9.78 Å².